The summed E-state index contributed by atoms with van der Waals surface area (Å²) in [6.07, 6.45) is 2.23. The Morgan fingerprint density at radius 2 is 1.86 bits per heavy atom. The minimum Gasteiger partial charge on any atom is -0.493 e. The van der Waals surface area contributed by atoms with Gasteiger partial charge in [0.25, 0.3) is 0 Å². The van der Waals surface area contributed by atoms with E-state index in [0.717, 1.165) is 29.4 Å². The number of Topliss-reactive ketones (excluding diaryl/α,β-unsaturated/α-hetero) is 1. The normalized spacial score (nSPS) is 27.8. The number of ketones is 1. The zero-order valence-electron chi connectivity index (χ0n) is 25.2. The number of likely N-dealkylation sites (N-methyl/N-ethyl adjacent to an activating group) is 1. The molecule has 0 aromatic heterocycles. The number of esters is 2. The first-order chi connectivity index (χ1) is 20.6. The van der Waals surface area contributed by atoms with Gasteiger partial charge in [0.15, 0.2) is 17.3 Å². The molecule has 0 spiro atoms. The third-order valence-electron chi connectivity index (χ3n) is 9.26. The van der Waals surface area contributed by atoms with Crippen LogP contribution in [0.2, 0.25) is 0 Å². The standard InChI is InChI=1S/C31H36N2O9S/c1-14-9-18-10-19-11-33-20(12-39-16(3)35)22-23(28(42-17(4)36)15(2)29-30(22)41-13-40-29)31(43-8-7-34)25(33)24(32(19)5)21(18)26(37)27(14)38-6/h7,19-20,24-25,31H,8-13H2,1-6H3/t19?,20-,24?,25?,31+/m0/s1. The topological polar surface area (TPSA) is 121 Å². The van der Waals surface area contributed by atoms with Gasteiger partial charge in [-0.25, -0.2) is 0 Å². The maximum atomic E-state index is 14.1. The van der Waals surface area contributed by atoms with Crippen LogP contribution in [-0.2, 0) is 28.7 Å². The Bertz CT molecular complexity index is 1480. The summed E-state index contributed by atoms with van der Waals surface area (Å²) >= 11 is 1.43. The highest BCUT2D eigenvalue weighted by molar-refractivity contribution is 8.00. The lowest BCUT2D eigenvalue weighted by atomic mass is 9.70. The first-order valence-corrected chi connectivity index (χ1v) is 15.4. The molecule has 11 nitrogen and oxygen atoms in total. The molecule has 1 aromatic carbocycles. The molecule has 43 heavy (non-hydrogen) atoms. The number of methoxy groups -OCH3 is 1. The quantitative estimate of drug-likeness (QED) is 0.255. The summed E-state index contributed by atoms with van der Waals surface area (Å²) in [5, 5.41) is -0.414. The Morgan fingerprint density at radius 3 is 2.53 bits per heavy atom. The van der Waals surface area contributed by atoms with Crippen molar-refractivity contribution in [2.75, 3.05) is 39.9 Å². The van der Waals surface area contributed by atoms with Crippen molar-refractivity contribution >= 4 is 35.8 Å². The summed E-state index contributed by atoms with van der Waals surface area (Å²) < 4.78 is 29.1. The molecule has 0 N–H and O–H groups in total. The highest BCUT2D eigenvalue weighted by Gasteiger charge is 2.58. The number of ether oxygens (including phenoxy) is 5. The number of fused-ring (bicyclic) bond motifs is 8. The predicted octanol–water partition coefficient (Wildman–Crippen LogP) is 3.19. The number of nitrogens with zero attached hydrogens (tertiary/aromatic N) is 2. The Balaban J connectivity index is 1.62. The molecule has 6 rings (SSSR count). The minimum absolute atomic E-state index is 0.00772. The van der Waals surface area contributed by atoms with E-state index in [1.165, 1.54) is 32.7 Å². The van der Waals surface area contributed by atoms with Gasteiger partial charge in [-0.15, -0.1) is 11.8 Å². The molecule has 1 fully saturated rings. The lowest BCUT2D eigenvalue weighted by molar-refractivity contribution is -0.144. The highest BCUT2D eigenvalue weighted by atomic mass is 32.2. The van der Waals surface area contributed by atoms with Crippen LogP contribution in [0.5, 0.6) is 17.2 Å². The molecule has 0 saturated carbocycles. The number of carbonyl (C=O) groups is 4. The fourth-order valence-corrected chi connectivity index (χ4v) is 8.87. The molecule has 1 aromatic rings. The molecule has 4 aliphatic heterocycles. The highest BCUT2D eigenvalue weighted by Crippen LogP contribution is 2.61. The van der Waals surface area contributed by atoms with E-state index in [-0.39, 0.29) is 43.1 Å². The van der Waals surface area contributed by atoms with Crippen LogP contribution in [0.3, 0.4) is 0 Å². The Morgan fingerprint density at radius 1 is 1.12 bits per heavy atom. The van der Waals surface area contributed by atoms with Gasteiger partial charge in [0.05, 0.1) is 24.4 Å². The summed E-state index contributed by atoms with van der Waals surface area (Å²) in [4.78, 5) is 55.1. The van der Waals surface area contributed by atoms with E-state index in [2.05, 4.69) is 9.80 Å². The van der Waals surface area contributed by atoms with Crippen molar-refractivity contribution in [3.63, 3.8) is 0 Å². The molecule has 12 heteroatoms. The van der Waals surface area contributed by atoms with Crippen molar-refractivity contribution in [3.8, 4) is 17.2 Å². The van der Waals surface area contributed by atoms with Crippen LogP contribution in [0.15, 0.2) is 22.5 Å². The molecule has 230 valence electrons. The Hall–Kier alpha value is -3.35. The molecule has 0 amide bonds. The van der Waals surface area contributed by atoms with Crippen LogP contribution in [0.1, 0.15) is 61.6 Å². The summed E-state index contributed by atoms with van der Waals surface area (Å²) in [6.45, 7) is 7.10. The van der Waals surface area contributed by atoms with Gasteiger partial charge >= 0.3 is 11.9 Å². The maximum absolute atomic E-state index is 14.1. The summed E-state index contributed by atoms with van der Waals surface area (Å²) in [7, 11) is 3.56. The number of aldehydes is 1. The number of rotatable bonds is 7. The molecular weight excluding hydrogens is 576 g/mol. The SMILES string of the molecule is COC1=C(C)CC2=C(C1=O)C1C3[C@H](SCC=O)c4c(OC(C)=O)c(C)c5c(c4[C@H](COC(C)=O)N3CC(C2)N1C)OCO5. The van der Waals surface area contributed by atoms with Crippen LogP contribution in [-0.4, -0.2) is 91.8 Å². The third kappa shape index (κ3) is 4.65. The van der Waals surface area contributed by atoms with Crippen LogP contribution in [0, 0.1) is 6.92 Å². The molecule has 1 saturated heterocycles. The molecular formula is C31H36N2O9S. The van der Waals surface area contributed by atoms with Gasteiger partial charge in [0, 0.05) is 60.5 Å². The fraction of sp³-hybridized carbons (Fsp3) is 0.548. The van der Waals surface area contributed by atoms with Crippen LogP contribution < -0.4 is 14.2 Å². The van der Waals surface area contributed by atoms with Gasteiger partial charge in [-0.1, -0.05) is 5.57 Å². The van der Waals surface area contributed by atoms with Gasteiger partial charge < -0.3 is 28.5 Å². The number of benzene rings is 1. The number of hydrogen-bond acceptors (Lipinski definition) is 12. The molecule has 3 unspecified atom stereocenters. The van der Waals surface area contributed by atoms with Gasteiger partial charge in [0.1, 0.15) is 18.6 Å². The van der Waals surface area contributed by atoms with Gasteiger partial charge in [0.2, 0.25) is 12.6 Å². The monoisotopic (exact) mass is 612 g/mol. The Kier molecular flexibility index (Phi) is 7.80. The van der Waals surface area contributed by atoms with Crippen molar-refractivity contribution in [2.45, 2.75) is 70.0 Å². The van der Waals surface area contributed by atoms with Crippen LogP contribution >= 0.6 is 11.8 Å². The van der Waals surface area contributed by atoms with E-state index >= 15 is 0 Å². The van der Waals surface area contributed by atoms with Crippen LogP contribution in [0.25, 0.3) is 0 Å². The van der Waals surface area contributed by atoms with Crippen molar-refractivity contribution in [1.29, 1.82) is 0 Å². The zero-order valence-corrected chi connectivity index (χ0v) is 26.0. The average Bonchev–Trinajstić information content (AvgIpc) is 3.43. The largest absolute Gasteiger partial charge is 0.493 e. The zero-order chi connectivity index (χ0) is 30.7. The fourth-order valence-electron chi connectivity index (χ4n) is 7.68. The van der Waals surface area contributed by atoms with Crippen molar-refractivity contribution in [2.24, 2.45) is 0 Å². The summed E-state index contributed by atoms with van der Waals surface area (Å²) in [5.74, 6) is 0.844. The van der Waals surface area contributed by atoms with E-state index in [9.17, 15) is 19.2 Å². The number of piperazine rings is 1. The van der Waals surface area contributed by atoms with E-state index in [1.807, 2.05) is 20.9 Å². The first kappa shape index (κ1) is 29.7. The van der Waals surface area contributed by atoms with Crippen molar-refractivity contribution in [3.05, 3.63) is 39.2 Å². The summed E-state index contributed by atoms with van der Waals surface area (Å²) in [6, 6.07) is -1.10. The van der Waals surface area contributed by atoms with Crippen molar-refractivity contribution in [1.82, 2.24) is 9.80 Å². The number of allylic oxidation sites excluding steroid dienone is 2. The maximum Gasteiger partial charge on any atom is 0.308 e. The smallest absolute Gasteiger partial charge is 0.308 e. The van der Waals surface area contributed by atoms with E-state index < -0.39 is 23.2 Å². The van der Waals surface area contributed by atoms with Gasteiger partial charge in [-0.05, 0) is 39.3 Å². The molecule has 2 bridgehead atoms. The number of carbonyl (C=O) groups excluding carboxylic acids is 4. The second-order valence-electron chi connectivity index (χ2n) is 11.7. The lowest BCUT2D eigenvalue weighted by Crippen LogP contribution is -2.69. The van der Waals surface area contributed by atoms with Crippen LogP contribution in [0.4, 0.5) is 0 Å². The third-order valence-corrected chi connectivity index (χ3v) is 10.5. The Labute approximate surface area is 254 Å². The minimum atomic E-state index is -0.501. The first-order valence-electron chi connectivity index (χ1n) is 14.4. The molecule has 0 radical (unpaired) electrons. The second-order valence-corrected chi connectivity index (χ2v) is 12.8. The molecule has 4 heterocycles. The van der Waals surface area contributed by atoms with Gasteiger partial charge in [-0.2, -0.15) is 0 Å². The van der Waals surface area contributed by atoms with E-state index in [0.29, 0.717) is 52.7 Å². The lowest BCUT2D eigenvalue weighted by Gasteiger charge is -2.60. The molecule has 1 aliphatic carbocycles. The van der Waals surface area contributed by atoms with E-state index in [4.69, 9.17) is 23.7 Å². The summed E-state index contributed by atoms with van der Waals surface area (Å²) in [5.41, 5.74) is 4.77. The predicted molar refractivity (Wildman–Crippen MR) is 156 cm³/mol. The number of thioether (sulfide) groups is 1. The van der Waals surface area contributed by atoms with Crippen molar-refractivity contribution < 1.29 is 42.9 Å². The van der Waals surface area contributed by atoms with E-state index in [1.54, 1.807) is 0 Å². The number of hydrogen-bond donors (Lipinski definition) is 0. The molecule has 5 atom stereocenters. The second kappa shape index (κ2) is 11.3. The average molecular weight is 613 g/mol. The molecule has 5 aliphatic rings. The van der Waals surface area contributed by atoms with Gasteiger partial charge in [-0.3, -0.25) is 24.2 Å².